The van der Waals surface area contributed by atoms with Gasteiger partial charge >= 0.3 is 0 Å². The zero-order chi connectivity index (χ0) is 21.1. The molecule has 158 valence electrons. The van der Waals surface area contributed by atoms with Crippen LogP contribution in [0.25, 0.3) is 0 Å². The van der Waals surface area contributed by atoms with E-state index in [0.29, 0.717) is 11.3 Å². The number of ketones is 1. The fraction of sp³-hybridized carbons (Fsp3) is 0.875. The van der Waals surface area contributed by atoms with Gasteiger partial charge < -0.3 is 5.11 Å². The van der Waals surface area contributed by atoms with Gasteiger partial charge in [-0.05, 0) is 57.8 Å². The lowest BCUT2D eigenvalue weighted by atomic mass is 9.64. The van der Waals surface area contributed by atoms with Crippen LogP contribution in [0, 0.1) is 16.7 Å². The van der Waals surface area contributed by atoms with Gasteiger partial charge in [0, 0.05) is 24.0 Å². The lowest BCUT2D eigenvalue weighted by Crippen LogP contribution is -2.60. The minimum absolute atomic E-state index is 0.103. The summed E-state index contributed by atoms with van der Waals surface area (Å²) in [5.74, 6) is 0.426. The molecule has 3 atom stereocenters. The van der Waals surface area contributed by atoms with Crippen molar-refractivity contribution in [3.8, 4) is 0 Å². The van der Waals surface area contributed by atoms with Crippen molar-refractivity contribution in [2.24, 2.45) is 16.7 Å². The number of Topliss-reactive ketones (excluding diaryl/α,β-unsaturated/α-hetero) is 1. The van der Waals surface area contributed by atoms with Crippen molar-refractivity contribution in [2.45, 2.75) is 106 Å². The number of aliphatic hydroxyl groups is 1. The SMILES string of the molecule is CCC(C)(C)CC=CC(C)(CC)N1CC(CC(C)(CC)C(C)(O)C(C)=O)C1. The van der Waals surface area contributed by atoms with Gasteiger partial charge in [-0.15, -0.1) is 0 Å². The number of rotatable bonds is 11. The zero-order valence-corrected chi connectivity index (χ0v) is 19.5. The van der Waals surface area contributed by atoms with E-state index in [-0.39, 0.29) is 16.7 Å². The maximum absolute atomic E-state index is 12.0. The molecule has 1 aliphatic rings. The Hall–Kier alpha value is -0.670. The highest BCUT2D eigenvalue weighted by molar-refractivity contribution is 5.85. The molecule has 1 aliphatic heterocycles. The maximum atomic E-state index is 12.0. The van der Waals surface area contributed by atoms with Crippen molar-refractivity contribution in [3.05, 3.63) is 12.2 Å². The molecule has 0 aromatic rings. The quantitative estimate of drug-likeness (QED) is 0.474. The van der Waals surface area contributed by atoms with Gasteiger partial charge in [0.15, 0.2) is 5.78 Å². The van der Waals surface area contributed by atoms with Crippen LogP contribution in [0.2, 0.25) is 0 Å². The molecule has 0 amide bonds. The molecule has 1 heterocycles. The zero-order valence-electron chi connectivity index (χ0n) is 19.5. The first-order valence-corrected chi connectivity index (χ1v) is 10.9. The van der Waals surface area contributed by atoms with E-state index in [1.807, 2.05) is 0 Å². The highest BCUT2D eigenvalue weighted by Gasteiger charge is 2.49. The van der Waals surface area contributed by atoms with E-state index in [4.69, 9.17) is 0 Å². The number of likely N-dealkylation sites (tertiary alicyclic amines) is 1. The summed E-state index contributed by atoms with van der Waals surface area (Å²) in [6, 6.07) is 0. The summed E-state index contributed by atoms with van der Waals surface area (Å²) in [6.45, 7) is 21.0. The Kier molecular flexibility index (Phi) is 7.92. The van der Waals surface area contributed by atoms with E-state index in [1.54, 1.807) is 6.92 Å². The number of hydrogen-bond acceptors (Lipinski definition) is 3. The molecule has 0 aromatic heterocycles. The van der Waals surface area contributed by atoms with E-state index >= 15 is 0 Å². The predicted octanol–water partition coefficient (Wildman–Crippen LogP) is 5.62. The fourth-order valence-corrected chi connectivity index (χ4v) is 4.09. The van der Waals surface area contributed by atoms with Crippen molar-refractivity contribution in [3.63, 3.8) is 0 Å². The summed E-state index contributed by atoms with van der Waals surface area (Å²) in [5, 5.41) is 10.8. The lowest BCUT2D eigenvalue weighted by Gasteiger charge is -2.53. The molecule has 1 N–H and O–H groups in total. The van der Waals surface area contributed by atoms with Gasteiger partial charge in [0.25, 0.3) is 0 Å². The third kappa shape index (κ3) is 5.44. The molecular weight excluding hydrogens is 334 g/mol. The summed E-state index contributed by atoms with van der Waals surface area (Å²) >= 11 is 0. The minimum atomic E-state index is -1.25. The van der Waals surface area contributed by atoms with Crippen LogP contribution in [-0.4, -0.2) is 40.0 Å². The number of nitrogens with zero attached hydrogens (tertiary/aromatic N) is 1. The van der Waals surface area contributed by atoms with Crippen LogP contribution in [0.3, 0.4) is 0 Å². The molecule has 3 unspecified atom stereocenters. The van der Waals surface area contributed by atoms with E-state index in [1.165, 1.54) is 13.3 Å². The predicted molar refractivity (Wildman–Crippen MR) is 116 cm³/mol. The Morgan fingerprint density at radius 2 is 1.59 bits per heavy atom. The molecule has 27 heavy (non-hydrogen) atoms. The summed E-state index contributed by atoms with van der Waals surface area (Å²) in [4.78, 5) is 14.5. The van der Waals surface area contributed by atoms with Crippen molar-refractivity contribution in [1.82, 2.24) is 4.90 Å². The summed E-state index contributed by atoms with van der Waals surface area (Å²) in [6.07, 6.45) is 9.90. The molecule has 0 saturated carbocycles. The summed E-state index contributed by atoms with van der Waals surface area (Å²) in [5.41, 5.74) is -1.14. The standard InChI is InChI=1S/C24H45NO2/c1-10-21(5,6)14-13-15-23(8,12-3)25-17-20(18-25)16-22(7,11-2)24(9,27)19(4)26/h13,15,20,27H,10-12,14,16-18H2,1-9H3. The monoisotopic (exact) mass is 379 g/mol. The van der Waals surface area contributed by atoms with Crippen LogP contribution >= 0.6 is 0 Å². The molecule has 1 saturated heterocycles. The Labute approximate surface area is 168 Å². The summed E-state index contributed by atoms with van der Waals surface area (Å²) < 4.78 is 0. The van der Waals surface area contributed by atoms with Gasteiger partial charge in [0.1, 0.15) is 5.60 Å². The molecule has 1 rings (SSSR count). The van der Waals surface area contributed by atoms with Crippen LogP contribution in [0.5, 0.6) is 0 Å². The van der Waals surface area contributed by atoms with Gasteiger partial charge in [-0.2, -0.15) is 0 Å². The molecule has 0 bridgehead atoms. The topological polar surface area (TPSA) is 40.5 Å². The van der Waals surface area contributed by atoms with Crippen LogP contribution in [0.4, 0.5) is 0 Å². The van der Waals surface area contributed by atoms with Crippen LogP contribution in [0.1, 0.15) is 94.4 Å². The lowest BCUT2D eigenvalue weighted by molar-refractivity contribution is -0.152. The van der Waals surface area contributed by atoms with Crippen LogP contribution in [-0.2, 0) is 4.79 Å². The third-order valence-corrected chi connectivity index (χ3v) is 7.88. The maximum Gasteiger partial charge on any atom is 0.161 e. The Morgan fingerprint density at radius 3 is 2.00 bits per heavy atom. The van der Waals surface area contributed by atoms with E-state index < -0.39 is 5.60 Å². The fourth-order valence-electron chi connectivity index (χ4n) is 4.09. The van der Waals surface area contributed by atoms with E-state index in [0.717, 1.165) is 38.8 Å². The molecular formula is C24H45NO2. The van der Waals surface area contributed by atoms with E-state index in [2.05, 4.69) is 65.5 Å². The van der Waals surface area contributed by atoms with Crippen LogP contribution in [0.15, 0.2) is 12.2 Å². The highest BCUT2D eigenvalue weighted by Crippen LogP contribution is 2.44. The molecule has 0 aromatic carbocycles. The van der Waals surface area contributed by atoms with Crippen molar-refractivity contribution in [2.75, 3.05) is 13.1 Å². The smallest absolute Gasteiger partial charge is 0.161 e. The van der Waals surface area contributed by atoms with Gasteiger partial charge in [-0.1, -0.05) is 60.1 Å². The molecule has 0 aliphatic carbocycles. The first-order valence-electron chi connectivity index (χ1n) is 10.9. The second kappa shape index (κ2) is 8.78. The Morgan fingerprint density at radius 1 is 1.04 bits per heavy atom. The normalized spacial score (nSPS) is 23.5. The molecule has 0 spiro atoms. The second-order valence-corrected chi connectivity index (χ2v) is 10.4. The summed E-state index contributed by atoms with van der Waals surface area (Å²) in [7, 11) is 0. The molecule has 1 fully saturated rings. The van der Waals surface area contributed by atoms with Gasteiger partial charge in [-0.25, -0.2) is 0 Å². The average Bonchev–Trinajstić information content (AvgIpc) is 2.56. The Bertz CT molecular complexity index is 530. The van der Waals surface area contributed by atoms with Crippen LogP contribution < -0.4 is 0 Å². The molecule has 3 heteroatoms. The van der Waals surface area contributed by atoms with Gasteiger partial charge in [-0.3, -0.25) is 9.69 Å². The number of allylic oxidation sites excluding steroid dienone is 1. The number of carbonyl (C=O) groups excluding carboxylic acids is 1. The van der Waals surface area contributed by atoms with Crippen molar-refractivity contribution >= 4 is 5.78 Å². The van der Waals surface area contributed by atoms with Crippen molar-refractivity contribution < 1.29 is 9.90 Å². The minimum Gasteiger partial charge on any atom is -0.382 e. The van der Waals surface area contributed by atoms with Gasteiger partial charge in [0.05, 0.1) is 0 Å². The van der Waals surface area contributed by atoms with E-state index in [9.17, 15) is 9.90 Å². The largest absolute Gasteiger partial charge is 0.382 e. The Balaban J connectivity index is 2.73. The number of hydrogen-bond donors (Lipinski definition) is 1. The van der Waals surface area contributed by atoms with Gasteiger partial charge in [0.2, 0.25) is 0 Å². The second-order valence-electron chi connectivity index (χ2n) is 10.4. The molecule has 3 nitrogen and oxygen atoms in total. The first kappa shape index (κ1) is 24.4. The highest BCUT2D eigenvalue weighted by atomic mass is 16.3. The number of carbonyl (C=O) groups is 1. The first-order chi connectivity index (χ1) is 12.3. The average molecular weight is 380 g/mol. The molecule has 0 radical (unpaired) electrons. The third-order valence-electron chi connectivity index (χ3n) is 7.88. The van der Waals surface area contributed by atoms with Crippen molar-refractivity contribution in [1.29, 1.82) is 0 Å².